The van der Waals surface area contributed by atoms with Gasteiger partial charge in [-0.15, -0.1) is 10.2 Å². The first-order valence-electron chi connectivity index (χ1n) is 7.56. The number of aromatic amines is 1. The highest BCUT2D eigenvalue weighted by Crippen LogP contribution is 2.24. The molecular weight excluding hydrogens is 302 g/mol. The van der Waals surface area contributed by atoms with E-state index in [0.29, 0.717) is 11.6 Å². The maximum absolute atomic E-state index is 4.45. The van der Waals surface area contributed by atoms with Gasteiger partial charge in [0.1, 0.15) is 5.52 Å². The fourth-order valence-corrected chi connectivity index (χ4v) is 2.56. The number of anilines is 1. The molecule has 24 heavy (non-hydrogen) atoms. The lowest BCUT2D eigenvalue weighted by Gasteiger charge is -2.01. The first-order valence-corrected chi connectivity index (χ1v) is 7.56. The van der Waals surface area contributed by atoms with Gasteiger partial charge in [0.2, 0.25) is 0 Å². The standard InChI is InChI=1S/C17H15N7/c1-10-6-5-7-12-14(10)19-16-15(12)22-24-17(20-16)23-21-11(2)13-8-3-4-9-18-13/h3-9H,1-2H3,(H2,19,20,23,24)/b21-11+. The van der Waals surface area contributed by atoms with E-state index >= 15 is 0 Å². The minimum atomic E-state index is 0.335. The Morgan fingerprint density at radius 2 is 2.04 bits per heavy atom. The number of aromatic nitrogens is 5. The van der Waals surface area contributed by atoms with Crippen LogP contribution < -0.4 is 5.43 Å². The summed E-state index contributed by atoms with van der Waals surface area (Å²) >= 11 is 0. The van der Waals surface area contributed by atoms with Gasteiger partial charge in [0.15, 0.2) is 5.65 Å². The summed E-state index contributed by atoms with van der Waals surface area (Å²) in [4.78, 5) is 12.0. The number of aryl methyl sites for hydroxylation is 1. The third-order valence-electron chi connectivity index (χ3n) is 3.82. The summed E-state index contributed by atoms with van der Waals surface area (Å²) < 4.78 is 0. The molecule has 0 saturated heterocycles. The normalized spacial score (nSPS) is 12.0. The molecule has 0 unspecified atom stereocenters. The molecule has 1 aromatic carbocycles. The summed E-state index contributed by atoms with van der Waals surface area (Å²) in [6.07, 6.45) is 1.73. The van der Waals surface area contributed by atoms with Gasteiger partial charge < -0.3 is 4.98 Å². The third-order valence-corrected chi connectivity index (χ3v) is 3.82. The van der Waals surface area contributed by atoms with Crippen LogP contribution in [-0.4, -0.2) is 30.9 Å². The average Bonchev–Trinajstić information content (AvgIpc) is 3.00. The van der Waals surface area contributed by atoms with Crippen molar-refractivity contribution in [1.82, 2.24) is 25.1 Å². The van der Waals surface area contributed by atoms with Crippen molar-refractivity contribution in [2.75, 3.05) is 5.43 Å². The average molecular weight is 317 g/mol. The van der Waals surface area contributed by atoms with Crippen molar-refractivity contribution in [3.05, 3.63) is 53.9 Å². The lowest BCUT2D eigenvalue weighted by Crippen LogP contribution is -2.04. The quantitative estimate of drug-likeness (QED) is 0.447. The minimum Gasteiger partial charge on any atom is -0.337 e. The van der Waals surface area contributed by atoms with Gasteiger partial charge in [-0.2, -0.15) is 10.1 Å². The lowest BCUT2D eigenvalue weighted by atomic mass is 10.1. The summed E-state index contributed by atoms with van der Waals surface area (Å²) in [6.45, 7) is 3.92. The monoisotopic (exact) mass is 317 g/mol. The highest BCUT2D eigenvalue weighted by molar-refractivity contribution is 6.04. The van der Waals surface area contributed by atoms with Crippen LogP contribution in [0.3, 0.4) is 0 Å². The topological polar surface area (TPSA) is 91.7 Å². The molecule has 7 heteroatoms. The van der Waals surface area contributed by atoms with Crippen LogP contribution >= 0.6 is 0 Å². The number of H-pyrrole nitrogens is 1. The number of fused-ring (bicyclic) bond motifs is 3. The summed E-state index contributed by atoms with van der Waals surface area (Å²) in [6, 6.07) is 11.7. The van der Waals surface area contributed by atoms with E-state index < -0.39 is 0 Å². The second kappa shape index (κ2) is 5.69. The number of para-hydroxylation sites is 1. The Balaban J connectivity index is 1.68. The number of nitrogens with one attached hydrogen (secondary N) is 2. The Bertz CT molecular complexity index is 1050. The van der Waals surface area contributed by atoms with Crippen molar-refractivity contribution >= 4 is 33.7 Å². The van der Waals surface area contributed by atoms with E-state index in [1.807, 2.05) is 50.2 Å². The molecule has 0 saturated carbocycles. The zero-order valence-electron chi connectivity index (χ0n) is 13.3. The van der Waals surface area contributed by atoms with Crippen molar-refractivity contribution < 1.29 is 0 Å². The maximum atomic E-state index is 4.45. The van der Waals surface area contributed by atoms with Gasteiger partial charge in [-0.25, -0.2) is 5.43 Å². The summed E-state index contributed by atoms with van der Waals surface area (Å²) in [5.41, 5.74) is 7.98. The highest BCUT2D eigenvalue weighted by Gasteiger charge is 2.10. The van der Waals surface area contributed by atoms with E-state index in [4.69, 9.17) is 0 Å². The van der Waals surface area contributed by atoms with Gasteiger partial charge in [0, 0.05) is 11.6 Å². The number of hydrazone groups is 1. The van der Waals surface area contributed by atoms with Gasteiger partial charge in [0.25, 0.3) is 5.95 Å². The number of hydrogen-bond acceptors (Lipinski definition) is 6. The SMILES string of the molecule is C/C(=N\Nc1nnc2c(n1)[nH]c1c(C)cccc12)c1ccccn1. The lowest BCUT2D eigenvalue weighted by molar-refractivity contribution is 1.01. The zero-order valence-corrected chi connectivity index (χ0v) is 13.3. The molecule has 118 valence electrons. The van der Waals surface area contributed by atoms with Crippen LogP contribution in [0.4, 0.5) is 5.95 Å². The molecule has 4 aromatic rings. The maximum Gasteiger partial charge on any atom is 0.265 e. The molecule has 3 heterocycles. The minimum absolute atomic E-state index is 0.335. The largest absolute Gasteiger partial charge is 0.337 e. The molecule has 4 rings (SSSR count). The molecule has 0 radical (unpaired) electrons. The highest BCUT2D eigenvalue weighted by atomic mass is 15.4. The van der Waals surface area contributed by atoms with Gasteiger partial charge in [-0.1, -0.05) is 24.3 Å². The molecule has 3 aromatic heterocycles. The Morgan fingerprint density at radius 1 is 1.12 bits per heavy atom. The molecule has 0 atom stereocenters. The van der Waals surface area contributed by atoms with Crippen LogP contribution in [0.1, 0.15) is 18.2 Å². The fraction of sp³-hybridized carbons (Fsp3) is 0.118. The van der Waals surface area contributed by atoms with Crippen molar-refractivity contribution in [3.8, 4) is 0 Å². The molecule has 0 aliphatic heterocycles. The molecule has 0 amide bonds. The number of rotatable bonds is 3. The van der Waals surface area contributed by atoms with E-state index in [2.05, 4.69) is 35.7 Å². The zero-order chi connectivity index (χ0) is 16.5. The van der Waals surface area contributed by atoms with E-state index in [0.717, 1.165) is 33.4 Å². The van der Waals surface area contributed by atoms with Gasteiger partial charge >= 0.3 is 0 Å². The molecule has 2 N–H and O–H groups in total. The van der Waals surface area contributed by atoms with Crippen LogP contribution in [0.15, 0.2) is 47.7 Å². The van der Waals surface area contributed by atoms with Crippen molar-refractivity contribution in [1.29, 1.82) is 0 Å². The second-order valence-electron chi connectivity index (χ2n) is 5.48. The van der Waals surface area contributed by atoms with E-state index in [-0.39, 0.29) is 0 Å². The first kappa shape index (κ1) is 14.3. The predicted octanol–water partition coefficient (Wildman–Crippen LogP) is 3.05. The summed E-state index contributed by atoms with van der Waals surface area (Å²) in [7, 11) is 0. The van der Waals surface area contributed by atoms with Crippen LogP contribution in [-0.2, 0) is 0 Å². The molecule has 7 nitrogen and oxygen atoms in total. The van der Waals surface area contributed by atoms with Gasteiger partial charge in [-0.3, -0.25) is 4.98 Å². The Labute approximate surface area is 137 Å². The second-order valence-corrected chi connectivity index (χ2v) is 5.48. The number of hydrogen-bond donors (Lipinski definition) is 2. The van der Waals surface area contributed by atoms with Gasteiger partial charge in [-0.05, 0) is 31.5 Å². The molecule has 0 aliphatic rings. The number of nitrogens with zero attached hydrogens (tertiary/aromatic N) is 5. The third kappa shape index (κ3) is 2.45. The van der Waals surface area contributed by atoms with Crippen molar-refractivity contribution in [2.24, 2.45) is 5.10 Å². The fourth-order valence-electron chi connectivity index (χ4n) is 2.56. The van der Waals surface area contributed by atoms with Gasteiger partial charge in [0.05, 0.1) is 16.9 Å². The number of pyridine rings is 1. The van der Waals surface area contributed by atoms with Crippen molar-refractivity contribution in [2.45, 2.75) is 13.8 Å². The number of benzene rings is 1. The van der Waals surface area contributed by atoms with Crippen LogP contribution in [0, 0.1) is 6.92 Å². The van der Waals surface area contributed by atoms with E-state index in [1.54, 1.807) is 6.20 Å². The Morgan fingerprint density at radius 3 is 2.88 bits per heavy atom. The summed E-state index contributed by atoms with van der Waals surface area (Å²) in [5, 5.41) is 13.7. The first-order chi connectivity index (χ1) is 11.7. The van der Waals surface area contributed by atoms with Crippen molar-refractivity contribution in [3.63, 3.8) is 0 Å². The molecular formula is C17H15N7. The van der Waals surface area contributed by atoms with Crippen LogP contribution in [0.25, 0.3) is 22.1 Å². The molecule has 0 bridgehead atoms. The molecule has 0 spiro atoms. The van der Waals surface area contributed by atoms with E-state index in [9.17, 15) is 0 Å². The van der Waals surface area contributed by atoms with Crippen LogP contribution in [0.2, 0.25) is 0 Å². The molecule has 0 aliphatic carbocycles. The Hall–Kier alpha value is -3.35. The smallest absolute Gasteiger partial charge is 0.265 e. The predicted molar refractivity (Wildman–Crippen MR) is 94.0 cm³/mol. The van der Waals surface area contributed by atoms with Crippen LogP contribution in [0.5, 0.6) is 0 Å². The molecule has 0 fully saturated rings. The Kier molecular flexibility index (Phi) is 3.38. The van der Waals surface area contributed by atoms with E-state index in [1.165, 1.54) is 0 Å². The summed E-state index contributed by atoms with van der Waals surface area (Å²) in [5.74, 6) is 0.335.